The second kappa shape index (κ2) is 6.65. The van der Waals surface area contributed by atoms with Crippen molar-refractivity contribution in [2.45, 2.75) is 24.8 Å². The minimum atomic E-state index is -2.83. The van der Waals surface area contributed by atoms with Crippen LogP contribution in [0.4, 0.5) is 14.5 Å². The minimum absolute atomic E-state index is 0.0143. The molecule has 0 aliphatic carbocycles. The summed E-state index contributed by atoms with van der Waals surface area (Å²) in [7, 11) is 0. The first-order valence-corrected chi connectivity index (χ1v) is 8.34. The Morgan fingerprint density at radius 1 is 1.45 bits per heavy atom. The molecule has 1 aromatic carbocycles. The van der Waals surface area contributed by atoms with Crippen LogP contribution in [0.5, 0.6) is 0 Å². The summed E-state index contributed by atoms with van der Waals surface area (Å²) in [5, 5.41) is 7.52. The molecule has 0 amide bonds. The number of hydrogen-bond donors (Lipinski definition) is 3. The van der Waals surface area contributed by atoms with Gasteiger partial charge in [-0.15, -0.1) is 0 Å². The number of nitrogens with one attached hydrogen (secondary N) is 1. The van der Waals surface area contributed by atoms with Gasteiger partial charge in [0.15, 0.2) is 5.96 Å². The molecule has 0 spiro atoms. The lowest BCUT2D eigenvalue weighted by Crippen LogP contribution is -2.56. The van der Waals surface area contributed by atoms with Crippen molar-refractivity contribution in [2.75, 3.05) is 6.54 Å². The maximum atomic E-state index is 13.7. The number of amidine groups is 1. The fourth-order valence-corrected chi connectivity index (χ4v) is 2.97. The van der Waals surface area contributed by atoms with Crippen LogP contribution >= 0.6 is 38.5 Å². The molecule has 22 heavy (non-hydrogen) atoms. The van der Waals surface area contributed by atoms with Gasteiger partial charge in [0.25, 0.3) is 5.92 Å². The van der Waals surface area contributed by atoms with Crippen LogP contribution in [0.25, 0.3) is 0 Å². The molecule has 0 aromatic heterocycles. The molecule has 1 aliphatic rings. The van der Waals surface area contributed by atoms with E-state index in [-0.39, 0.29) is 24.8 Å². The molecule has 1 fully saturated rings. The van der Waals surface area contributed by atoms with E-state index in [1.807, 2.05) is 6.07 Å². The summed E-state index contributed by atoms with van der Waals surface area (Å²) in [5.74, 6) is -3.08. The molecule has 9 heteroatoms. The van der Waals surface area contributed by atoms with Gasteiger partial charge in [-0.25, -0.2) is 13.8 Å². The standard InChI is InChI=1S/C13H15BrF2IN5/c14-8-5-7(1-2-9(8)17)21-11(18)10-6-13(15,16)3-4-22(10)12(19)20/h1-2,5,10H,3-4,6H2,(H2,18,21)(H3,19,20). The van der Waals surface area contributed by atoms with Gasteiger partial charge in [0.1, 0.15) is 5.84 Å². The number of hydrogen-bond acceptors (Lipinski definition) is 2. The first-order valence-electron chi connectivity index (χ1n) is 6.47. The molecule has 1 aliphatic heterocycles. The highest BCUT2D eigenvalue weighted by molar-refractivity contribution is 14.1. The molecule has 5 N–H and O–H groups in total. The molecule has 1 saturated heterocycles. The topological polar surface area (TPSA) is 91.5 Å². The zero-order valence-corrected chi connectivity index (χ0v) is 15.2. The molecule has 120 valence electrons. The van der Waals surface area contributed by atoms with Gasteiger partial charge >= 0.3 is 0 Å². The first-order chi connectivity index (χ1) is 10.2. The molecule has 0 radical (unpaired) electrons. The van der Waals surface area contributed by atoms with E-state index in [9.17, 15) is 8.78 Å². The summed E-state index contributed by atoms with van der Waals surface area (Å²) in [6, 6.07) is 4.47. The predicted molar refractivity (Wildman–Crippen MR) is 94.7 cm³/mol. The average Bonchev–Trinajstić information content (AvgIpc) is 2.41. The minimum Gasteiger partial charge on any atom is -0.385 e. The van der Waals surface area contributed by atoms with Crippen LogP contribution in [-0.2, 0) is 0 Å². The van der Waals surface area contributed by atoms with Gasteiger partial charge in [0.05, 0.1) is 11.7 Å². The Kier molecular flexibility index (Phi) is 5.25. The zero-order valence-electron chi connectivity index (χ0n) is 11.5. The largest absolute Gasteiger partial charge is 0.385 e. The summed E-state index contributed by atoms with van der Waals surface area (Å²) < 4.78 is 29.2. The number of aliphatic imine (C=N–C) groups is 1. The Morgan fingerprint density at radius 2 is 2.14 bits per heavy atom. The van der Waals surface area contributed by atoms with Gasteiger partial charge in [-0.05, 0) is 56.7 Å². The number of nitrogens with zero attached hydrogens (tertiary/aromatic N) is 2. The monoisotopic (exact) mass is 485 g/mol. The summed E-state index contributed by atoms with van der Waals surface area (Å²) in [4.78, 5) is 5.58. The van der Waals surface area contributed by atoms with Gasteiger partial charge in [-0.2, -0.15) is 0 Å². The van der Waals surface area contributed by atoms with Crippen molar-refractivity contribution in [3.63, 3.8) is 0 Å². The van der Waals surface area contributed by atoms with Gasteiger partial charge in [0, 0.05) is 27.4 Å². The Hall–Kier alpha value is -0.970. The van der Waals surface area contributed by atoms with Crippen molar-refractivity contribution in [1.29, 1.82) is 5.41 Å². The van der Waals surface area contributed by atoms with E-state index in [0.29, 0.717) is 5.69 Å². The third-order valence-corrected chi connectivity index (χ3v) is 5.74. The van der Waals surface area contributed by atoms with E-state index in [1.54, 1.807) is 12.1 Å². The number of rotatable bonds is 2. The Morgan fingerprint density at radius 3 is 2.73 bits per heavy atom. The van der Waals surface area contributed by atoms with E-state index in [0.717, 1.165) is 8.04 Å². The van der Waals surface area contributed by atoms with E-state index in [4.69, 9.17) is 16.9 Å². The lowest BCUT2D eigenvalue weighted by Gasteiger charge is -2.39. The number of alkyl halides is 2. The van der Waals surface area contributed by atoms with Gasteiger partial charge in [-0.3, -0.25) is 5.41 Å². The highest BCUT2D eigenvalue weighted by atomic mass is 127. The van der Waals surface area contributed by atoms with Crippen molar-refractivity contribution in [3.05, 3.63) is 26.2 Å². The quantitative estimate of drug-likeness (QED) is 0.341. The summed E-state index contributed by atoms with van der Waals surface area (Å²) in [5.41, 5.74) is 11.9. The average molecular weight is 486 g/mol. The van der Waals surface area contributed by atoms with Crippen molar-refractivity contribution in [3.8, 4) is 0 Å². The number of guanidine groups is 1. The molecule has 1 unspecified atom stereocenters. The van der Waals surface area contributed by atoms with Gasteiger partial charge < -0.3 is 16.4 Å². The highest BCUT2D eigenvalue weighted by Crippen LogP contribution is 2.32. The molecule has 1 atom stereocenters. The molecule has 0 bridgehead atoms. The highest BCUT2D eigenvalue weighted by Gasteiger charge is 2.42. The van der Waals surface area contributed by atoms with Crippen molar-refractivity contribution >= 4 is 56.0 Å². The smallest absolute Gasteiger partial charge is 0.252 e. The molecule has 1 heterocycles. The molecular formula is C13H15BrF2IN5. The van der Waals surface area contributed by atoms with E-state index >= 15 is 0 Å². The predicted octanol–water partition coefficient (Wildman–Crippen LogP) is 3.04. The van der Waals surface area contributed by atoms with Gasteiger partial charge in [-0.1, -0.05) is 0 Å². The zero-order chi connectivity index (χ0) is 16.5. The molecule has 1 aromatic rings. The molecular weight excluding hydrogens is 471 g/mol. The van der Waals surface area contributed by atoms with Crippen LogP contribution in [-0.4, -0.2) is 35.2 Å². The van der Waals surface area contributed by atoms with Crippen molar-refractivity contribution in [1.82, 2.24) is 4.90 Å². The lowest BCUT2D eigenvalue weighted by molar-refractivity contribution is -0.0526. The van der Waals surface area contributed by atoms with E-state index in [1.165, 1.54) is 4.90 Å². The van der Waals surface area contributed by atoms with Crippen LogP contribution in [0.15, 0.2) is 27.7 Å². The summed E-state index contributed by atoms with van der Waals surface area (Å²) in [6.45, 7) is -0.0143. The second-order valence-electron chi connectivity index (χ2n) is 5.04. The fourth-order valence-electron chi connectivity index (χ4n) is 2.27. The SMILES string of the molecule is N=C(N)N1CCC(F)(F)CC1C(N)=Nc1ccc(I)c(Br)c1. The van der Waals surface area contributed by atoms with Crippen LogP contribution in [0, 0.1) is 8.98 Å². The van der Waals surface area contributed by atoms with E-state index in [2.05, 4.69) is 43.5 Å². The summed E-state index contributed by atoms with van der Waals surface area (Å²) in [6.07, 6.45) is -0.834. The molecule has 0 saturated carbocycles. The second-order valence-corrected chi connectivity index (χ2v) is 7.06. The Balaban J connectivity index is 2.30. The van der Waals surface area contributed by atoms with Crippen LogP contribution in [0.1, 0.15) is 12.8 Å². The number of piperidine rings is 1. The Bertz CT molecular complexity index is 622. The number of likely N-dealkylation sites (tertiary alicyclic amines) is 1. The Labute approximate surface area is 148 Å². The first kappa shape index (κ1) is 17.4. The number of nitrogens with two attached hydrogens (primary N) is 2. The van der Waals surface area contributed by atoms with E-state index < -0.39 is 18.4 Å². The molecule has 5 nitrogen and oxygen atoms in total. The lowest BCUT2D eigenvalue weighted by atomic mass is 9.98. The number of benzene rings is 1. The van der Waals surface area contributed by atoms with Crippen LogP contribution < -0.4 is 11.5 Å². The van der Waals surface area contributed by atoms with Crippen LogP contribution in [0.3, 0.4) is 0 Å². The fraction of sp³-hybridized carbons (Fsp3) is 0.385. The summed E-state index contributed by atoms with van der Waals surface area (Å²) >= 11 is 5.54. The van der Waals surface area contributed by atoms with Crippen LogP contribution in [0.2, 0.25) is 0 Å². The number of halogens is 4. The normalized spacial score (nSPS) is 21.7. The van der Waals surface area contributed by atoms with Gasteiger partial charge in [0.2, 0.25) is 0 Å². The van der Waals surface area contributed by atoms with Crippen molar-refractivity contribution < 1.29 is 8.78 Å². The van der Waals surface area contributed by atoms with Crippen molar-refractivity contribution in [2.24, 2.45) is 16.5 Å². The molecule has 2 rings (SSSR count). The third-order valence-electron chi connectivity index (χ3n) is 3.40. The maximum absolute atomic E-state index is 13.7. The third kappa shape index (κ3) is 4.06. The maximum Gasteiger partial charge on any atom is 0.252 e.